The van der Waals surface area contributed by atoms with Crippen molar-refractivity contribution in [1.82, 2.24) is 9.21 Å². The van der Waals surface area contributed by atoms with E-state index in [0.717, 1.165) is 32.0 Å². The summed E-state index contributed by atoms with van der Waals surface area (Å²) in [5, 5.41) is 0. The van der Waals surface area contributed by atoms with Gasteiger partial charge in [-0.25, -0.2) is 12.8 Å². The van der Waals surface area contributed by atoms with Gasteiger partial charge in [-0.1, -0.05) is 6.92 Å². The molecule has 5 nitrogen and oxygen atoms in total. The normalized spacial score (nSPS) is 20.3. The van der Waals surface area contributed by atoms with Crippen LogP contribution in [0.15, 0.2) is 23.1 Å². The summed E-state index contributed by atoms with van der Waals surface area (Å²) in [6, 6.07) is 3.76. The highest BCUT2D eigenvalue weighted by molar-refractivity contribution is 7.89. The van der Waals surface area contributed by atoms with Crippen molar-refractivity contribution in [3.63, 3.8) is 0 Å². The molecule has 118 valence electrons. The van der Waals surface area contributed by atoms with E-state index in [1.807, 2.05) is 0 Å². The molecule has 1 atom stereocenters. The maximum atomic E-state index is 13.2. The number of sulfonamides is 1. The van der Waals surface area contributed by atoms with Crippen molar-refractivity contribution in [2.45, 2.75) is 30.7 Å². The van der Waals surface area contributed by atoms with Crippen molar-refractivity contribution in [2.24, 2.45) is 0 Å². The van der Waals surface area contributed by atoms with Gasteiger partial charge in [0.05, 0.1) is 10.6 Å². The molecule has 0 spiro atoms. The average molecular weight is 315 g/mol. The van der Waals surface area contributed by atoms with Crippen LogP contribution in [0.2, 0.25) is 0 Å². The standard InChI is InChI=1S/C14H22FN3O2S/c1-3-18-8-4-5-11(18)10-17(2)21(19,20)12-6-7-13(15)14(16)9-12/h6-7,9,11H,3-5,8,10,16H2,1-2H3. The van der Waals surface area contributed by atoms with Crippen LogP contribution in [0.5, 0.6) is 0 Å². The molecule has 1 aliphatic rings. The molecule has 1 heterocycles. The zero-order valence-corrected chi connectivity index (χ0v) is 13.2. The van der Waals surface area contributed by atoms with E-state index in [4.69, 9.17) is 5.73 Å². The number of benzene rings is 1. The van der Waals surface area contributed by atoms with Crippen molar-refractivity contribution in [3.8, 4) is 0 Å². The molecule has 1 fully saturated rings. The maximum Gasteiger partial charge on any atom is 0.242 e. The van der Waals surface area contributed by atoms with Crippen LogP contribution in [0, 0.1) is 5.82 Å². The summed E-state index contributed by atoms with van der Waals surface area (Å²) in [5.74, 6) is -0.607. The third-order valence-corrected chi connectivity index (χ3v) is 5.87. The summed E-state index contributed by atoms with van der Waals surface area (Å²) < 4.78 is 39.5. The quantitative estimate of drug-likeness (QED) is 0.837. The second-order valence-corrected chi connectivity index (χ2v) is 7.44. The van der Waals surface area contributed by atoms with Gasteiger partial charge in [-0.05, 0) is 44.1 Å². The minimum Gasteiger partial charge on any atom is -0.396 e. The minimum atomic E-state index is -3.64. The smallest absolute Gasteiger partial charge is 0.242 e. The highest BCUT2D eigenvalue weighted by atomic mass is 32.2. The second-order valence-electron chi connectivity index (χ2n) is 5.39. The number of rotatable bonds is 5. The van der Waals surface area contributed by atoms with Crippen molar-refractivity contribution < 1.29 is 12.8 Å². The Kier molecular flexibility index (Phi) is 4.85. The molecule has 0 aliphatic carbocycles. The van der Waals surface area contributed by atoms with Gasteiger partial charge in [-0.3, -0.25) is 4.90 Å². The van der Waals surface area contributed by atoms with E-state index in [1.165, 1.54) is 16.4 Å². The topological polar surface area (TPSA) is 66.6 Å². The Hall–Kier alpha value is -1.18. The van der Waals surface area contributed by atoms with Crippen LogP contribution >= 0.6 is 0 Å². The van der Waals surface area contributed by atoms with Gasteiger partial charge in [0.2, 0.25) is 10.0 Å². The minimum absolute atomic E-state index is 0.0324. The number of likely N-dealkylation sites (N-methyl/N-ethyl adjacent to an activating group) is 2. The number of nitrogen functional groups attached to an aromatic ring is 1. The van der Waals surface area contributed by atoms with Gasteiger partial charge < -0.3 is 5.73 Å². The summed E-state index contributed by atoms with van der Waals surface area (Å²) in [7, 11) is -2.08. The van der Waals surface area contributed by atoms with Gasteiger partial charge in [0.25, 0.3) is 0 Å². The first-order valence-electron chi connectivity index (χ1n) is 7.11. The fraction of sp³-hybridized carbons (Fsp3) is 0.571. The zero-order valence-electron chi connectivity index (χ0n) is 12.4. The maximum absolute atomic E-state index is 13.2. The lowest BCUT2D eigenvalue weighted by Gasteiger charge is -2.27. The molecule has 0 bridgehead atoms. The lowest BCUT2D eigenvalue weighted by atomic mass is 10.2. The SMILES string of the molecule is CCN1CCCC1CN(C)S(=O)(=O)c1ccc(F)c(N)c1. The first-order chi connectivity index (χ1) is 9.86. The van der Waals surface area contributed by atoms with Gasteiger partial charge in [-0.2, -0.15) is 4.31 Å². The second kappa shape index (κ2) is 6.29. The van der Waals surface area contributed by atoms with Crippen LogP contribution in [0.3, 0.4) is 0 Å². The van der Waals surface area contributed by atoms with Crippen molar-refractivity contribution in [3.05, 3.63) is 24.0 Å². The van der Waals surface area contributed by atoms with Gasteiger partial charge in [-0.15, -0.1) is 0 Å². The van der Waals surface area contributed by atoms with E-state index < -0.39 is 15.8 Å². The predicted molar refractivity (Wildman–Crippen MR) is 80.9 cm³/mol. The molecule has 21 heavy (non-hydrogen) atoms. The number of nitrogens with two attached hydrogens (primary N) is 1. The number of hydrogen-bond donors (Lipinski definition) is 1. The van der Waals surface area contributed by atoms with E-state index in [0.29, 0.717) is 6.54 Å². The monoisotopic (exact) mass is 315 g/mol. The largest absolute Gasteiger partial charge is 0.396 e. The Morgan fingerprint density at radius 3 is 2.81 bits per heavy atom. The highest BCUT2D eigenvalue weighted by Gasteiger charge is 2.29. The summed E-state index contributed by atoms with van der Waals surface area (Å²) in [6.07, 6.45) is 2.09. The Labute approximate surface area is 125 Å². The molecule has 1 aromatic rings. The van der Waals surface area contributed by atoms with Crippen LogP contribution in [-0.2, 0) is 10.0 Å². The first kappa shape index (κ1) is 16.2. The van der Waals surface area contributed by atoms with E-state index in [1.54, 1.807) is 7.05 Å². The predicted octanol–water partition coefficient (Wildman–Crippen LogP) is 1.51. The molecular weight excluding hydrogens is 293 g/mol. The van der Waals surface area contributed by atoms with Gasteiger partial charge in [0.15, 0.2) is 0 Å². The molecule has 0 saturated carbocycles. The lowest BCUT2D eigenvalue weighted by Crippen LogP contribution is -2.41. The molecule has 0 aromatic heterocycles. The molecule has 0 amide bonds. The summed E-state index contributed by atoms with van der Waals surface area (Å²) in [5.41, 5.74) is 5.31. The molecular formula is C14H22FN3O2S. The number of anilines is 1. The van der Waals surface area contributed by atoms with Gasteiger partial charge in [0, 0.05) is 19.6 Å². The van der Waals surface area contributed by atoms with E-state index in [-0.39, 0.29) is 16.6 Å². The van der Waals surface area contributed by atoms with Crippen LogP contribution in [0.25, 0.3) is 0 Å². The summed E-state index contributed by atoms with van der Waals surface area (Å²) >= 11 is 0. The number of nitrogens with zero attached hydrogens (tertiary/aromatic N) is 2. The Morgan fingerprint density at radius 2 is 2.19 bits per heavy atom. The molecule has 7 heteroatoms. The van der Waals surface area contributed by atoms with Crippen LogP contribution in [0.1, 0.15) is 19.8 Å². The molecule has 2 N–H and O–H groups in total. The van der Waals surface area contributed by atoms with Gasteiger partial charge >= 0.3 is 0 Å². The molecule has 1 unspecified atom stereocenters. The average Bonchev–Trinajstić information content (AvgIpc) is 2.88. The fourth-order valence-corrected chi connectivity index (χ4v) is 4.02. The van der Waals surface area contributed by atoms with Crippen LogP contribution in [0.4, 0.5) is 10.1 Å². The van der Waals surface area contributed by atoms with Crippen molar-refractivity contribution in [1.29, 1.82) is 0 Å². The van der Waals surface area contributed by atoms with Crippen LogP contribution in [-0.4, -0.2) is 50.3 Å². The van der Waals surface area contributed by atoms with Crippen molar-refractivity contribution >= 4 is 15.7 Å². The Bertz CT molecular complexity index is 606. The fourth-order valence-electron chi connectivity index (χ4n) is 2.78. The molecule has 0 radical (unpaired) electrons. The molecule has 1 aliphatic heterocycles. The van der Waals surface area contributed by atoms with E-state index in [2.05, 4.69) is 11.8 Å². The molecule has 2 rings (SSSR count). The lowest BCUT2D eigenvalue weighted by molar-refractivity contribution is 0.237. The zero-order chi connectivity index (χ0) is 15.6. The first-order valence-corrected chi connectivity index (χ1v) is 8.55. The summed E-state index contributed by atoms with van der Waals surface area (Å²) in [4.78, 5) is 2.32. The van der Waals surface area contributed by atoms with E-state index >= 15 is 0 Å². The van der Waals surface area contributed by atoms with E-state index in [9.17, 15) is 12.8 Å². The Morgan fingerprint density at radius 1 is 1.48 bits per heavy atom. The van der Waals surface area contributed by atoms with Crippen LogP contribution < -0.4 is 5.73 Å². The number of hydrogen-bond acceptors (Lipinski definition) is 4. The summed E-state index contributed by atoms with van der Waals surface area (Å²) in [6.45, 7) is 4.45. The number of halogens is 1. The molecule has 1 aromatic carbocycles. The third-order valence-electron chi connectivity index (χ3n) is 4.05. The number of likely N-dealkylation sites (tertiary alicyclic amines) is 1. The Balaban J connectivity index is 2.16. The highest BCUT2D eigenvalue weighted by Crippen LogP contribution is 2.23. The van der Waals surface area contributed by atoms with Crippen molar-refractivity contribution in [2.75, 3.05) is 32.4 Å². The van der Waals surface area contributed by atoms with Gasteiger partial charge in [0.1, 0.15) is 5.82 Å². The third kappa shape index (κ3) is 3.36. The molecule has 1 saturated heterocycles.